The molecule has 2 aromatic rings. The third-order valence-corrected chi connectivity index (χ3v) is 4.54. The molecule has 2 rings (SSSR count). The van der Waals surface area contributed by atoms with Gasteiger partial charge in [0.15, 0.2) is 0 Å². The minimum atomic E-state index is -1.28. The smallest absolute Gasteiger partial charge is 0.315 e. The van der Waals surface area contributed by atoms with Gasteiger partial charge in [-0.1, -0.05) is 12.1 Å². The minimum absolute atomic E-state index is 0.0190. The van der Waals surface area contributed by atoms with Crippen LogP contribution in [0.1, 0.15) is 28.1 Å². The Kier molecular flexibility index (Phi) is 5.33. The first-order valence-electron chi connectivity index (χ1n) is 7.21. The summed E-state index contributed by atoms with van der Waals surface area (Å²) in [5.74, 6) is -0.370. The van der Waals surface area contributed by atoms with Crippen LogP contribution in [0, 0.1) is 19.7 Å². The number of aliphatic hydroxyl groups is 1. The van der Waals surface area contributed by atoms with E-state index in [9.17, 15) is 14.3 Å². The topological polar surface area (TPSA) is 74.2 Å². The minimum Gasteiger partial charge on any atom is -0.384 e. The van der Waals surface area contributed by atoms with Gasteiger partial charge in [0.1, 0.15) is 11.4 Å². The van der Waals surface area contributed by atoms with E-state index < -0.39 is 5.60 Å². The van der Waals surface area contributed by atoms with Crippen molar-refractivity contribution in [2.75, 3.05) is 6.54 Å². The second-order valence-corrected chi connectivity index (χ2v) is 6.85. The van der Waals surface area contributed by atoms with E-state index >= 15 is 0 Å². The molecule has 23 heavy (non-hydrogen) atoms. The highest BCUT2D eigenvalue weighted by Crippen LogP contribution is 2.20. The summed E-state index contributed by atoms with van der Waals surface area (Å²) in [5.41, 5.74) is 0.168. The first-order valence-corrected chi connectivity index (χ1v) is 8.02. The molecular weight excluding hydrogens is 317 g/mol. The lowest BCUT2D eigenvalue weighted by molar-refractivity contribution is 0.0593. The van der Waals surface area contributed by atoms with Gasteiger partial charge in [-0.3, -0.25) is 0 Å². The predicted molar refractivity (Wildman–Crippen MR) is 87.8 cm³/mol. The first-order chi connectivity index (χ1) is 10.8. The first kappa shape index (κ1) is 17.4. The van der Waals surface area contributed by atoms with Crippen molar-refractivity contribution in [2.45, 2.75) is 32.9 Å². The molecule has 0 fully saturated rings. The van der Waals surface area contributed by atoms with Gasteiger partial charge in [-0.2, -0.15) is 0 Å². The quantitative estimate of drug-likeness (QED) is 0.785. The number of hydrogen-bond acceptors (Lipinski definition) is 4. The number of carbonyl (C=O) groups is 1. The number of amides is 2. The molecule has 3 N–H and O–H groups in total. The van der Waals surface area contributed by atoms with E-state index in [-0.39, 0.29) is 18.4 Å². The number of hydrogen-bond donors (Lipinski definition) is 3. The van der Waals surface area contributed by atoms with E-state index in [0.717, 1.165) is 15.6 Å². The van der Waals surface area contributed by atoms with Crippen molar-refractivity contribution in [3.63, 3.8) is 0 Å². The molecule has 2 amide bonds. The molecule has 0 bridgehead atoms. The molecule has 0 aliphatic carbocycles. The standard InChI is InChI=1S/C16H20FN3O2S/c1-10-14(23-11(2)20-10)8-18-15(21)19-9-16(3,22)12-4-6-13(17)7-5-12/h4-7,22H,8-9H2,1-3H3,(H2,18,19,21)/t16-/m0/s1. The van der Waals surface area contributed by atoms with E-state index in [2.05, 4.69) is 15.6 Å². The second kappa shape index (κ2) is 7.06. The molecule has 7 heteroatoms. The summed E-state index contributed by atoms with van der Waals surface area (Å²) in [6, 6.07) is 5.17. The average molecular weight is 337 g/mol. The van der Waals surface area contributed by atoms with E-state index in [1.54, 1.807) is 6.92 Å². The lowest BCUT2D eigenvalue weighted by Crippen LogP contribution is -2.43. The van der Waals surface area contributed by atoms with Crippen LogP contribution in [0.3, 0.4) is 0 Å². The SMILES string of the molecule is Cc1nc(C)c(CNC(=O)NC[C@](C)(O)c2ccc(F)cc2)s1. The van der Waals surface area contributed by atoms with Crippen LogP contribution in [0.4, 0.5) is 9.18 Å². The molecule has 0 radical (unpaired) electrons. The number of carbonyl (C=O) groups excluding carboxylic acids is 1. The zero-order valence-corrected chi connectivity index (χ0v) is 14.1. The van der Waals surface area contributed by atoms with Gasteiger partial charge in [0.25, 0.3) is 0 Å². The molecule has 0 saturated heterocycles. The Bertz CT molecular complexity index is 683. The lowest BCUT2D eigenvalue weighted by atomic mass is 9.96. The number of halogens is 1. The molecule has 5 nitrogen and oxygen atoms in total. The fraction of sp³-hybridized carbons (Fsp3) is 0.375. The molecule has 1 aromatic carbocycles. The third-order valence-electron chi connectivity index (χ3n) is 3.47. The number of urea groups is 1. The average Bonchev–Trinajstić information content (AvgIpc) is 2.81. The van der Waals surface area contributed by atoms with Crippen LogP contribution < -0.4 is 10.6 Å². The molecular formula is C16H20FN3O2S. The van der Waals surface area contributed by atoms with Gasteiger partial charge in [0.05, 0.1) is 23.8 Å². The number of rotatable bonds is 5. The van der Waals surface area contributed by atoms with Crippen molar-refractivity contribution >= 4 is 17.4 Å². The number of nitrogens with one attached hydrogen (secondary N) is 2. The molecule has 0 aliphatic heterocycles. The second-order valence-electron chi connectivity index (χ2n) is 5.56. The Morgan fingerprint density at radius 1 is 1.30 bits per heavy atom. The van der Waals surface area contributed by atoms with Gasteiger partial charge < -0.3 is 15.7 Å². The lowest BCUT2D eigenvalue weighted by Gasteiger charge is -2.24. The van der Waals surface area contributed by atoms with Gasteiger partial charge in [-0.15, -0.1) is 11.3 Å². The summed E-state index contributed by atoms with van der Waals surface area (Å²) in [4.78, 5) is 17.2. The maximum absolute atomic E-state index is 12.9. The normalized spacial score (nSPS) is 13.4. The Balaban J connectivity index is 1.85. The van der Waals surface area contributed by atoms with Crippen molar-refractivity contribution in [3.8, 4) is 0 Å². The molecule has 0 spiro atoms. The highest BCUT2D eigenvalue weighted by Gasteiger charge is 2.23. The Hall–Kier alpha value is -1.99. The van der Waals surface area contributed by atoms with E-state index in [4.69, 9.17) is 0 Å². The van der Waals surface area contributed by atoms with Gasteiger partial charge >= 0.3 is 6.03 Å². The van der Waals surface area contributed by atoms with Gasteiger partial charge in [0, 0.05) is 4.88 Å². The molecule has 124 valence electrons. The number of benzene rings is 1. The van der Waals surface area contributed by atoms with Crippen LogP contribution in [0.5, 0.6) is 0 Å². The van der Waals surface area contributed by atoms with Gasteiger partial charge in [-0.05, 0) is 38.5 Å². The maximum atomic E-state index is 12.9. The Morgan fingerprint density at radius 3 is 2.52 bits per heavy atom. The zero-order chi connectivity index (χ0) is 17.0. The summed E-state index contributed by atoms with van der Waals surface area (Å²) in [5, 5.41) is 16.7. The van der Waals surface area contributed by atoms with Crippen molar-refractivity contribution in [2.24, 2.45) is 0 Å². The van der Waals surface area contributed by atoms with Crippen LogP contribution in [0.2, 0.25) is 0 Å². The van der Waals surface area contributed by atoms with Crippen LogP contribution >= 0.6 is 11.3 Å². The van der Waals surface area contributed by atoms with E-state index in [1.807, 2.05) is 13.8 Å². The fourth-order valence-electron chi connectivity index (χ4n) is 2.12. The fourth-order valence-corrected chi connectivity index (χ4v) is 3.00. The van der Waals surface area contributed by atoms with E-state index in [1.165, 1.54) is 35.6 Å². The summed E-state index contributed by atoms with van der Waals surface area (Å²) in [7, 11) is 0. The third kappa shape index (κ3) is 4.74. The number of thiazole rings is 1. The summed E-state index contributed by atoms with van der Waals surface area (Å²) < 4.78 is 12.9. The highest BCUT2D eigenvalue weighted by atomic mass is 32.1. The molecule has 0 unspecified atom stereocenters. The molecule has 0 aliphatic rings. The summed E-state index contributed by atoms with van der Waals surface area (Å²) >= 11 is 1.54. The van der Waals surface area contributed by atoms with Crippen LogP contribution in [0.15, 0.2) is 24.3 Å². The monoisotopic (exact) mass is 337 g/mol. The Labute approximate surface area is 138 Å². The van der Waals surface area contributed by atoms with Crippen LogP contribution in [0.25, 0.3) is 0 Å². The molecule has 1 aromatic heterocycles. The van der Waals surface area contributed by atoms with Crippen LogP contribution in [-0.2, 0) is 12.1 Å². The molecule has 1 heterocycles. The number of aryl methyl sites for hydroxylation is 2. The van der Waals surface area contributed by atoms with Crippen molar-refractivity contribution in [1.29, 1.82) is 0 Å². The molecule has 1 atom stereocenters. The number of nitrogens with zero attached hydrogens (tertiary/aromatic N) is 1. The summed E-state index contributed by atoms with van der Waals surface area (Å²) in [6.07, 6.45) is 0. The van der Waals surface area contributed by atoms with E-state index in [0.29, 0.717) is 12.1 Å². The Morgan fingerprint density at radius 2 is 1.96 bits per heavy atom. The highest BCUT2D eigenvalue weighted by molar-refractivity contribution is 7.11. The maximum Gasteiger partial charge on any atom is 0.315 e. The van der Waals surface area contributed by atoms with Crippen molar-refractivity contribution < 1.29 is 14.3 Å². The number of aromatic nitrogens is 1. The molecule has 0 saturated carbocycles. The van der Waals surface area contributed by atoms with Crippen LogP contribution in [-0.4, -0.2) is 22.7 Å². The van der Waals surface area contributed by atoms with Crippen molar-refractivity contribution in [1.82, 2.24) is 15.6 Å². The largest absolute Gasteiger partial charge is 0.384 e. The van der Waals surface area contributed by atoms with Crippen molar-refractivity contribution in [3.05, 3.63) is 51.2 Å². The predicted octanol–water partition coefficient (Wildman–Crippen LogP) is 2.61. The van der Waals surface area contributed by atoms with Gasteiger partial charge in [-0.25, -0.2) is 14.2 Å². The van der Waals surface area contributed by atoms with Gasteiger partial charge in [0.2, 0.25) is 0 Å². The summed E-state index contributed by atoms with van der Waals surface area (Å²) in [6.45, 7) is 5.79. The zero-order valence-electron chi connectivity index (χ0n) is 13.3.